The smallest absolute Gasteiger partial charge is 0.450 e. The molecule has 1 unspecified atom stereocenters. The van der Waals surface area contributed by atoms with Crippen molar-refractivity contribution in [2.75, 3.05) is 84.2 Å². The largest absolute Gasteiger partial charge is 0.506 e. The summed E-state index contributed by atoms with van der Waals surface area (Å²) in [5.74, 6) is 0. The third-order valence-corrected chi connectivity index (χ3v) is 3.65. The van der Waals surface area contributed by atoms with Crippen LogP contribution in [0.4, 0.5) is 4.79 Å². The maximum absolute atomic E-state index is 10.4. The van der Waals surface area contributed by atoms with Crippen molar-refractivity contribution < 1.29 is 43.1 Å². The topological polar surface area (TPSA) is 102 Å². The summed E-state index contributed by atoms with van der Waals surface area (Å²) in [7, 11) is 1.63. The van der Waals surface area contributed by atoms with Crippen LogP contribution >= 0.6 is 22.6 Å². The Labute approximate surface area is 162 Å². The molecular weight excluding hydrogens is 451 g/mol. The normalized spacial score (nSPS) is 12.2. The van der Waals surface area contributed by atoms with Gasteiger partial charge in [0.1, 0.15) is 6.10 Å². The number of alkyl halides is 1. The highest BCUT2D eigenvalue weighted by Gasteiger charge is 2.11. The lowest BCUT2D eigenvalue weighted by atomic mass is 10.4. The van der Waals surface area contributed by atoms with Gasteiger partial charge < -0.3 is 38.3 Å². The average molecular weight is 480 g/mol. The minimum absolute atomic E-state index is 0.224. The van der Waals surface area contributed by atoms with Crippen molar-refractivity contribution >= 4 is 28.7 Å². The van der Waals surface area contributed by atoms with E-state index < -0.39 is 12.3 Å². The summed E-state index contributed by atoms with van der Waals surface area (Å²) in [5.41, 5.74) is 0. The molecule has 0 aromatic carbocycles. The molecule has 150 valence electrons. The molecule has 0 amide bonds. The summed E-state index contributed by atoms with van der Waals surface area (Å²) in [5, 5.41) is 8.51. The second-order valence-electron chi connectivity index (χ2n) is 4.68. The first-order valence-corrected chi connectivity index (χ1v) is 9.56. The van der Waals surface area contributed by atoms with E-state index in [4.69, 9.17) is 33.5 Å². The highest BCUT2D eigenvalue weighted by molar-refractivity contribution is 14.1. The SMILES string of the molecule is COCCOCCOCCOCCOCCOCC(CI)OC(=O)O. The van der Waals surface area contributed by atoms with E-state index in [0.29, 0.717) is 70.5 Å². The Balaban J connectivity index is 3.15. The van der Waals surface area contributed by atoms with Crippen LogP contribution in [0.15, 0.2) is 0 Å². The van der Waals surface area contributed by atoms with Crippen molar-refractivity contribution in [3.63, 3.8) is 0 Å². The summed E-state index contributed by atoms with van der Waals surface area (Å²) in [4.78, 5) is 10.4. The predicted octanol–water partition coefficient (Wildman–Crippen LogP) is 1.21. The van der Waals surface area contributed by atoms with E-state index in [1.807, 2.05) is 22.6 Å². The Morgan fingerprint density at radius 3 is 1.56 bits per heavy atom. The van der Waals surface area contributed by atoms with Crippen LogP contribution in [0.3, 0.4) is 0 Å². The first kappa shape index (κ1) is 24.8. The molecule has 0 aliphatic rings. The summed E-state index contributed by atoms with van der Waals surface area (Å²) in [6, 6.07) is 0. The second kappa shape index (κ2) is 20.1. The van der Waals surface area contributed by atoms with Crippen molar-refractivity contribution in [2.45, 2.75) is 6.10 Å². The number of halogens is 1. The molecule has 0 aliphatic carbocycles. The van der Waals surface area contributed by atoms with Crippen LogP contribution in [0.5, 0.6) is 0 Å². The predicted molar refractivity (Wildman–Crippen MR) is 97.8 cm³/mol. The van der Waals surface area contributed by atoms with Crippen molar-refractivity contribution in [1.82, 2.24) is 0 Å². The van der Waals surface area contributed by atoms with Crippen LogP contribution < -0.4 is 0 Å². The van der Waals surface area contributed by atoms with E-state index in [9.17, 15) is 4.79 Å². The molecule has 25 heavy (non-hydrogen) atoms. The molecule has 0 saturated carbocycles. The molecule has 0 saturated heterocycles. The Kier molecular flexibility index (Phi) is 19.9. The van der Waals surface area contributed by atoms with Crippen molar-refractivity contribution in [2.24, 2.45) is 0 Å². The third kappa shape index (κ3) is 19.9. The lowest BCUT2D eigenvalue weighted by molar-refractivity contribution is -0.0259. The maximum Gasteiger partial charge on any atom is 0.506 e. The van der Waals surface area contributed by atoms with Crippen LogP contribution in [-0.2, 0) is 33.2 Å². The molecule has 0 aliphatic heterocycles. The Morgan fingerprint density at radius 1 is 0.800 bits per heavy atom. The molecule has 10 heteroatoms. The standard InChI is InChI=1S/C15H29IO9/c1-19-2-3-20-4-5-21-6-7-22-8-9-23-10-11-24-13-14(12-16)25-15(17)18/h14H,2-13H2,1H3,(H,17,18). The molecular formula is C15H29IO9. The van der Waals surface area contributed by atoms with Gasteiger partial charge in [0.05, 0.1) is 72.7 Å². The van der Waals surface area contributed by atoms with Crippen molar-refractivity contribution in [1.29, 1.82) is 0 Å². The summed E-state index contributed by atoms with van der Waals surface area (Å²) in [6.07, 6.45) is -1.74. The number of hydrogen-bond acceptors (Lipinski definition) is 8. The molecule has 0 aromatic rings. The van der Waals surface area contributed by atoms with Gasteiger partial charge in [-0.05, 0) is 0 Å². The van der Waals surface area contributed by atoms with Gasteiger partial charge in [0.2, 0.25) is 0 Å². The van der Waals surface area contributed by atoms with Crippen LogP contribution in [0.2, 0.25) is 0 Å². The van der Waals surface area contributed by atoms with Crippen LogP contribution in [-0.4, -0.2) is 102 Å². The molecule has 0 aromatic heterocycles. The first-order chi connectivity index (χ1) is 12.2. The first-order valence-electron chi connectivity index (χ1n) is 8.03. The fourth-order valence-electron chi connectivity index (χ4n) is 1.49. The number of carboxylic acid groups (broad SMARTS) is 1. The fourth-order valence-corrected chi connectivity index (χ4v) is 1.92. The van der Waals surface area contributed by atoms with E-state index in [0.717, 1.165) is 0 Å². The molecule has 9 nitrogen and oxygen atoms in total. The lowest BCUT2D eigenvalue weighted by Crippen LogP contribution is -2.25. The second-order valence-corrected chi connectivity index (χ2v) is 5.56. The minimum atomic E-state index is -1.29. The van der Waals surface area contributed by atoms with Gasteiger partial charge in [0.25, 0.3) is 0 Å². The van der Waals surface area contributed by atoms with Gasteiger partial charge in [-0.15, -0.1) is 0 Å². The zero-order chi connectivity index (χ0) is 18.6. The average Bonchev–Trinajstić information content (AvgIpc) is 2.60. The van der Waals surface area contributed by atoms with Gasteiger partial charge in [-0.25, -0.2) is 4.79 Å². The molecule has 0 heterocycles. The van der Waals surface area contributed by atoms with Gasteiger partial charge in [-0.1, -0.05) is 22.6 Å². The monoisotopic (exact) mass is 480 g/mol. The summed E-state index contributed by atoms with van der Waals surface area (Å²) >= 11 is 2.05. The molecule has 0 spiro atoms. The van der Waals surface area contributed by atoms with Gasteiger partial charge >= 0.3 is 6.16 Å². The number of carbonyl (C=O) groups is 1. The van der Waals surface area contributed by atoms with Gasteiger partial charge in [0, 0.05) is 11.5 Å². The highest BCUT2D eigenvalue weighted by atomic mass is 127. The van der Waals surface area contributed by atoms with E-state index in [1.54, 1.807) is 7.11 Å². The Hall–Kier alpha value is -0.240. The molecule has 0 fully saturated rings. The number of methoxy groups -OCH3 is 1. The molecule has 1 atom stereocenters. The minimum Gasteiger partial charge on any atom is -0.450 e. The lowest BCUT2D eigenvalue weighted by Gasteiger charge is -2.13. The van der Waals surface area contributed by atoms with Crippen LogP contribution in [0, 0.1) is 0 Å². The maximum atomic E-state index is 10.4. The molecule has 0 radical (unpaired) electrons. The van der Waals surface area contributed by atoms with Crippen molar-refractivity contribution in [3.05, 3.63) is 0 Å². The number of ether oxygens (including phenoxy) is 7. The van der Waals surface area contributed by atoms with E-state index in [1.165, 1.54) is 0 Å². The number of rotatable bonds is 19. The molecule has 1 N–H and O–H groups in total. The fraction of sp³-hybridized carbons (Fsp3) is 0.933. The van der Waals surface area contributed by atoms with Crippen molar-refractivity contribution in [3.8, 4) is 0 Å². The van der Waals surface area contributed by atoms with E-state index in [2.05, 4.69) is 4.74 Å². The summed E-state index contributed by atoms with van der Waals surface area (Å²) in [6.45, 7) is 5.21. The van der Waals surface area contributed by atoms with Crippen LogP contribution in [0.25, 0.3) is 0 Å². The Bertz CT molecular complexity index is 294. The number of hydrogen-bond donors (Lipinski definition) is 1. The molecule has 0 rings (SSSR count). The van der Waals surface area contributed by atoms with Gasteiger partial charge in [-0.3, -0.25) is 0 Å². The van der Waals surface area contributed by atoms with Gasteiger partial charge in [0.15, 0.2) is 0 Å². The Morgan fingerprint density at radius 2 is 1.20 bits per heavy atom. The highest BCUT2D eigenvalue weighted by Crippen LogP contribution is 1.99. The molecule has 0 bridgehead atoms. The third-order valence-electron chi connectivity index (χ3n) is 2.66. The van der Waals surface area contributed by atoms with E-state index in [-0.39, 0.29) is 6.61 Å². The van der Waals surface area contributed by atoms with E-state index >= 15 is 0 Å². The van der Waals surface area contributed by atoms with Gasteiger partial charge in [-0.2, -0.15) is 0 Å². The zero-order valence-electron chi connectivity index (χ0n) is 14.7. The zero-order valence-corrected chi connectivity index (χ0v) is 16.8. The summed E-state index contributed by atoms with van der Waals surface area (Å²) < 4.78 is 36.6. The quantitative estimate of drug-likeness (QED) is 0.127. The van der Waals surface area contributed by atoms with Crippen LogP contribution in [0.1, 0.15) is 0 Å².